The maximum absolute atomic E-state index is 4.00. The molecule has 0 N–H and O–H groups in total. The van der Waals surface area contributed by atoms with Crippen molar-refractivity contribution in [3.8, 4) is 0 Å². The average molecular weight is 234 g/mol. The second-order valence-electron chi connectivity index (χ2n) is 2.78. The fraction of sp³-hybridized carbons (Fsp3) is 0. The van der Waals surface area contributed by atoms with Crippen LogP contribution in [0, 0.1) is 0 Å². The smallest absolute Gasteiger partial charge is 0.0842 e. The van der Waals surface area contributed by atoms with Crippen LogP contribution in [0.3, 0.4) is 0 Å². The van der Waals surface area contributed by atoms with E-state index in [0.717, 1.165) is 15.5 Å². The van der Waals surface area contributed by atoms with Gasteiger partial charge in [0.2, 0.25) is 0 Å². The Morgan fingerprint density at radius 3 is 2.62 bits per heavy atom. The van der Waals surface area contributed by atoms with Gasteiger partial charge in [0.05, 0.1) is 5.69 Å². The van der Waals surface area contributed by atoms with E-state index in [1.54, 1.807) is 0 Å². The number of aliphatic imine (C=N–C) groups is 1. The van der Waals surface area contributed by atoms with Crippen LogP contribution in [-0.2, 0) is 0 Å². The Bertz CT molecular complexity index is 463. The lowest BCUT2D eigenvalue weighted by molar-refractivity contribution is 1.56. The molecule has 0 unspecified atom stereocenters. The number of fused-ring (bicyclic) bond motifs is 1. The summed E-state index contributed by atoms with van der Waals surface area (Å²) in [5.74, 6) is 0. The first-order valence-corrected chi connectivity index (χ1v) is 4.76. The summed E-state index contributed by atoms with van der Waals surface area (Å²) in [5.41, 5.74) is 0.915. The Morgan fingerprint density at radius 1 is 1.08 bits per heavy atom. The second kappa shape index (κ2) is 3.30. The Morgan fingerprint density at radius 2 is 1.85 bits per heavy atom. The maximum atomic E-state index is 4.00. The van der Waals surface area contributed by atoms with Crippen molar-refractivity contribution in [2.24, 2.45) is 4.99 Å². The van der Waals surface area contributed by atoms with Crippen molar-refractivity contribution >= 4 is 39.1 Å². The number of hydrogen-bond donors (Lipinski definition) is 0. The number of hydrogen-bond acceptors (Lipinski definition) is 1. The summed E-state index contributed by atoms with van der Waals surface area (Å²) >= 11 is 3.44. The summed E-state index contributed by atoms with van der Waals surface area (Å²) in [7, 11) is 0. The normalized spacial score (nSPS) is 10.2. The molecule has 2 aromatic carbocycles. The van der Waals surface area contributed by atoms with Crippen molar-refractivity contribution in [2.75, 3.05) is 0 Å². The summed E-state index contributed by atoms with van der Waals surface area (Å²) in [6.45, 7) is 3.56. The average Bonchev–Trinajstić information content (AvgIpc) is 2.18. The third-order valence-corrected chi connectivity index (χ3v) is 2.65. The fourth-order valence-electron chi connectivity index (χ4n) is 1.39. The lowest BCUT2D eigenvalue weighted by atomic mass is 10.1. The topological polar surface area (TPSA) is 12.4 Å². The minimum Gasteiger partial charge on any atom is -0.263 e. The van der Waals surface area contributed by atoms with Crippen molar-refractivity contribution in [3.63, 3.8) is 0 Å². The van der Waals surface area contributed by atoms with E-state index in [-0.39, 0.29) is 0 Å². The van der Waals surface area contributed by atoms with Crippen LogP contribution in [0.4, 0.5) is 5.69 Å². The van der Waals surface area contributed by atoms with Crippen molar-refractivity contribution in [3.05, 3.63) is 40.9 Å². The SMILES string of the molecule is C=Nc1c(Br)ccc2ccccc12. The maximum Gasteiger partial charge on any atom is 0.0842 e. The van der Waals surface area contributed by atoms with E-state index in [2.05, 4.69) is 39.8 Å². The largest absolute Gasteiger partial charge is 0.263 e. The van der Waals surface area contributed by atoms with Crippen LogP contribution in [0.15, 0.2) is 45.9 Å². The molecule has 13 heavy (non-hydrogen) atoms. The van der Waals surface area contributed by atoms with Gasteiger partial charge < -0.3 is 0 Å². The second-order valence-corrected chi connectivity index (χ2v) is 3.63. The molecule has 0 saturated carbocycles. The van der Waals surface area contributed by atoms with E-state index in [4.69, 9.17) is 0 Å². The first kappa shape index (κ1) is 8.45. The molecule has 0 aromatic heterocycles. The summed E-state index contributed by atoms with van der Waals surface area (Å²) in [4.78, 5) is 4.00. The lowest BCUT2D eigenvalue weighted by Crippen LogP contribution is -1.74. The van der Waals surface area contributed by atoms with Gasteiger partial charge in [-0.05, 0) is 34.1 Å². The van der Waals surface area contributed by atoms with Crippen molar-refractivity contribution in [2.45, 2.75) is 0 Å². The van der Waals surface area contributed by atoms with E-state index < -0.39 is 0 Å². The molecule has 0 aliphatic carbocycles. The standard InChI is InChI=1S/C11H8BrN/c1-13-11-9-5-3-2-4-8(9)6-7-10(11)12/h2-7H,1H2. The minimum atomic E-state index is 0.915. The minimum absolute atomic E-state index is 0.915. The van der Waals surface area contributed by atoms with E-state index in [0.29, 0.717) is 0 Å². The monoisotopic (exact) mass is 233 g/mol. The molecule has 0 fully saturated rings. The molecular weight excluding hydrogens is 226 g/mol. The molecular formula is C11H8BrN. The zero-order valence-corrected chi connectivity index (χ0v) is 8.58. The van der Waals surface area contributed by atoms with Gasteiger partial charge in [0.15, 0.2) is 0 Å². The Kier molecular flexibility index (Phi) is 2.15. The van der Waals surface area contributed by atoms with E-state index in [9.17, 15) is 0 Å². The van der Waals surface area contributed by atoms with Gasteiger partial charge in [-0.3, -0.25) is 4.99 Å². The van der Waals surface area contributed by atoms with Gasteiger partial charge in [0, 0.05) is 9.86 Å². The van der Waals surface area contributed by atoms with Crippen LogP contribution in [-0.4, -0.2) is 6.72 Å². The summed E-state index contributed by atoms with van der Waals surface area (Å²) in [6, 6.07) is 12.2. The number of nitrogens with zero attached hydrogens (tertiary/aromatic N) is 1. The molecule has 0 bridgehead atoms. The number of halogens is 1. The van der Waals surface area contributed by atoms with Crippen LogP contribution in [0.5, 0.6) is 0 Å². The molecule has 0 radical (unpaired) electrons. The Balaban J connectivity index is 2.91. The first-order valence-electron chi connectivity index (χ1n) is 3.97. The molecule has 0 aliphatic heterocycles. The molecule has 64 valence electrons. The van der Waals surface area contributed by atoms with E-state index in [1.165, 1.54) is 5.39 Å². The predicted octanol–water partition coefficient (Wildman–Crippen LogP) is 3.93. The lowest BCUT2D eigenvalue weighted by Gasteiger charge is -2.02. The van der Waals surface area contributed by atoms with Gasteiger partial charge in [0.25, 0.3) is 0 Å². The van der Waals surface area contributed by atoms with Gasteiger partial charge in [-0.1, -0.05) is 30.3 Å². The Hall–Kier alpha value is -1.15. The zero-order valence-electron chi connectivity index (χ0n) is 7.00. The highest BCUT2D eigenvalue weighted by Crippen LogP contribution is 2.33. The molecule has 2 heteroatoms. The van der Waals surface area contributed by atoms with Gasteiger partial charge in [0.1, 0.15) is 0 Å². The molecule has 0 heterocycles. The molecule has 0 saturated heterocycles. The molecule has 2 rings (SSSR count). The molecule has 0 atom stereocenters. The number of benzene rings is 2. The van der Waals surface area contributed by atoms with Crippen LogP contribution in [0.1, 0.15) is 0 Å². The van der Waals surface area contributed by atoms with Crippen LogP contribution in [0.2, 0.25) is 0 Å². The molecule has 0 spiro atoms. The van der Waals surface area contributed by atoms with Gasteiger partial charge in [-0.2, -0.15) is 0 Å². The Labute approximate surface area is 85.2 Å². The predicted molar refractivity (Wildman–Crippen MR) is 60.9 cm³/mol. The first-order chi connectivity index (χ1) is 6.33. The van der Waals surface area contributed by atoms with Crippen molar-refractivity contribution in [1.82, 2.24) is 0 Å². The number of rotatable bonds is 1. The summed E-state index contributed by atoms with van der Waals surface area (Å²) in [5, 5.41) is 2.32. The van der Waals surface area contributed by atoms with Crippen LogP contribution >= 0.6 is 15.9 Å². The van der Waals surface area contributed by atoms with E-state index >= 15 is 0 Å². The zero-order chi connectivity index (χ0) is 9.26. The van der Waals surface area contributed by atoms with Crippen LogP contribution in [0.25, 0.3) is 10.8 Å². The van der Waals surface area contributed by atoms with Gasteiger partial charge in [-0.15, -0.1) is 0 Å². The van der Waals surface area contributed by atoms with Gasteiger partial charge in [-0.25, -0.2) is 0 Å². The summed E-state index contributed by atoms with van der Waals surface area (Å²) < 4.78 is 0.987. The molecule has 1 nitrogen and oxygen atoms in total. The summed E-state index contributed by atoms with van der Waals surface area (Å²) in [6.07, 6.45) is 0. The third-order valence-electron chi connectivity index (χ3n) is 2.01. The fourth-order valence-corrected chi connectivity index (χ4v) is 1.86. The van der Waals surface area contributed by atoms with Crippen molar-refractivity contribution in [1.29, 1.82) is 0 Å². The third kappa shape index (κ3) is 1.38. The van der Waals surface area contributed by atoms with Gasteiger partial charge >= 0.3 is 0 Å². The molecule has 0 aliphatic rings. The van der Waals surface area contributed by atoms with Crippen LogP contribution < -0.4 is 0 Å². The molecule has 0 amide bonds. The highest BCUT2D eigenvalue weighted by Gasteiger charge is 2.01. The van der Waals surface area contributed by atoms with Crippen molar-refractivity contribution < 1.29 is 0 Å². The highest BCUT2D eigenvalue weighted by molar-refractivity contribution is 9.10. The quantitative estimate of drug-likeness (QED) is 0.663. The highest BCUT2D eigenvalue weighted by atomic mass is 79.9. The van der Waals surface area contributed by atoms with E-state index in [1.807, 2.05) is 24.3 Å². The molecule has 2 aromatic rings.